The summed E-state index contributed by atoms with van der Waals surface area (Å²) in [7, 11) is 0. The second kappa shape index (κ2) is 8.66. The van der Waals surface area contributed by atoms with Gasteiger partial charge in [-0.2, -0.15) is 0 Å². The first-order valence-corrected chi connectivity index (χ1v) is 10.3. The number of nitrogens with one attached hydrogen (secondary N) is 1. The molecule has 8 heteroatoms. The van der Waals surface area contributed by atoms with E-state index in [0.29, 0.717) is 22.9 Å². The molecule has 0 radical (unpaired) electrons. The van der Waals surface area contributed by atoms with Crippen molar-refractivity contribution in [3.8, 4) is 17.2 Å². The van der Waals surface area contributed by atoms with Crippen molar-refractivity contribution in [3.63, 3.8) is 0 Å². The molecule has 0 fully saturated rings. The fourth-order valence-electron chi connectivity index (χ4n) is 3.60. The minimum absolute atomic E-state index is 0.0672. The van der Waals surface area contributed by atoms with Crippen LogP contribution in [0.5, 0.6) is 17.2 Å². The Balaban J connectivity index is 1.34. The lowest BCUT2D eigenvalue weighted by Crippen LogP contribution is -2.44. The van der Waals surface area contributed by atoms with E-state index in [-0.39, 0.29) is 37.1 Å². The Hall–Kier alpha value is -4.33. The predicted molar refractivity (Wildman–Crippen MR) is 118 cm³/mol. The zero-order valence-corrected chi connectivity index (χ0v) is 17.4. The molecule has 3 aromatic rings. The van der Waals surface area contributed by atoms with Crippen LogP contribution >= 0.6 is 0 Å². The van der Waals surface area contributed by atoms with Crippen molar-refractivity contribution in [2.24, 2.45) is 0 Å². The topological polar surface area (TPSA) is 77.1 Å². The van der Waals surface area contributed by atoms with Crippen LogP contribution in [0.15, 0.2) is 72.5 Å². The van der Waals surface area contributed by atoms with Gasteiger partial charge in [-0.05, 0) is 42.0 Å². The van der Waals surface area contributed by atoms with Gasteiger partial charge in [0.2, 0.25) is 12.7 Å². The predicted octanol–water partition coefficient (Wildman–Crippen LogP) is 3.64. The summed E-state index contributed by atoms with van der Waals surface area (Å²) in [5, 5.41) is 2.81. The molecule has 2 aliphatic heterocycles. The largest absolute Gasteiger partial charge is 0.454 e. The van der Waals surface area contributed by atoms with Gasteiger partial charge < -0.3 is 19.5 Å². The van der Waals surface area contributed by atoms with Gasteiger partial charge in [0.05, 0.1) is 5.69 Å². The van der Waals surface area contributed by atoms with Crippen LogP contribution in [0.1, 0.15) is 11.1 Å². The first kappa shape index (κ1) is 20.6. The quantitative estimate of drug-likeness (QED) is 0.606. The number of carbonyl (C=O) groups is 2. The Labute approximate surface area is 189 Å². The van der Waals surface area contributed by atoms with Crippen molar-refractivity contribution in [1.29, 1.82) is 0 Å². The highest BCUT2D eigenvalue weighted by molar-refractivity contribution is 6.12. The molecule has 2 heterocycles. The molecule has 2 amide bonds. The Morgan fingerprint density at radius 3 is 2.67 bits per heavy atom. The Morgan fingerprint density at radius 2 is 1.79 bits per heavy atom. The molecule has 33 heavy (non-hydrogen) atoms. The number of hydrogen-bond donors (Lipinski definition) is 1. The van der Waals surface area contributed by atoms with E-state index in [4.69, 9.17) is 14.2 Å². The van der Waals surface area contributed by atoms with Crippen LogP contribution in [0.2, 0.25) is 0 Å². The molecule has 0 spiro atoms. The standard InChI is InChI=1S/C25H19FN2O5/c26-18-6-2-1-5-17(18)12-23-25(30)28(19-7-3-4-8-20(19)33-23)14-24(29)27-13-16-9-10-21-22(11-16)32-15-31-21/h1-12H,13-15H2,(H,27,29)/b23-12-. The number of para-hydroxylation sites is 2. The molecule has 5 rings (SSSR count). The van der Waals surface area contributed by atoms with E-state index in [1.54, 1.807) is 54.6 Å². The van der Waals surface area contributed by atoms with Crippen molar-refractivity contribution in [2.45, 2.75) is 6.54 Å². The van der Waals surface area contributed by atoms with Gasteiger partial charge in [-0.1, -0.05) is 36.4 Å². The van der Waals surface area contributed by atoms with Crippen LogP contribution in [0.4, 0.5) is 10.1 Å². The highest BCUT2D eigenvalue weighted by Gasteiger charge is 2.31. The Morgan fingerprint density at radius 1 is 1.00 bits per heavy atom. The number of nitrogens with zero attached hydrogens (tertiary/aromatic N) is 1. The summed E-state index contributed by atoms with van der Waals surface area (Å²) >= 11 is 0. The third-order valence-electron chi connectivity index (χ3n) is 5.25. The molecular formula is C25H19FN2O5. The molecule has 0 aliphatic carbocycles. The van der Waals surface area contributed by atoms with Crippen LogP contribution in [0, 0.1) is 5.82 Å². The number of fused-ring (bicyclic) bond motifs is 2. The lowest BCUT2D eigenvalue weighted by Gasteiger charge is -2.30. The molecule has 3 aromatic carbocycles. The molecule has 2 aliphatic rings. The van der Waals surface area contributed by atoms with Crippen molar-refractivity contribution >= 4 is 23.6 Å². The van der Waals surface area contributed by atoms with Gasteiger partial charge in [-0.25, -0.2) is 4.39 Å². The Bertz CT molecular complexity index is 1270. The number of amides is 2. The van der Waals surface area contributed by atoms with Gasteiger partial charge >= 0.3 is 0 Å². The highest BCUT2D eigenvalue weighted by Crippen LogP contribution is 2.36. The van der Waals surface area contributed by atoms with Crippen molar-refractivity contribution in [3.05, 3.63) is 89.4 Å². The molecule has 0 saturated carbocycles. The summed E-state index contributed by atoms with van der Waals surface area (Å²) in [4.78, 5) is 27.2. The van der Waals surface area contributed by atoms with Crippen LogP contribution in [0.3, 0.4) is 0 Å². The minimum Gasteiger partial charge on any atom is -0.454 e. The summed E-state index contributed by atoms with van der Waals surface area (Å²) in [6.07, 6.45) is 1.34. The van der Waals surface area contributed by atoms with Gasteiger partial charge in [0.25, 0.3) is 5.91 Å². The summed E-state index contributed by atoms with van der Waals surface area (Å²) in [6, 6.07) is 18.4. The van der Waals surface area contributed by atoms with Gasteiger partial charge in [-0.3, -0.25) is 14.5 Å². The van der Waals surface area contributed by atoms with Crippen molar-refractivity contribution < 1.29 is 28.2 Å². The zero-order valence-electron chi connectivity index (χ0n) is 17.4. The number of ether oxygens (including phenoxy) is 3. The van der Waals surface area contributed by atoms with E-state index in [0.717, 1.165) is 5.56 Å². The number of halogens is 1. The molecule has 0 bridgehead atoms. The fraction of sp³-hybridized carbons (Fsp3) is 0.120. The van der Waals surface area contributed by atoms with E-state index in [2.05, 4.69) is 5.32 Å². The minimum atomic E-state index is -0.532. The monoisotopic (exact) mass is 446 g/mol. The molecule has 1 N–H and O–H groups in total. The van der Waals surface area contributed by atoms with Gasteiger partial charge in [-0.15, -0.1) is 0 Å². The maximum Gasteiger partial charge on any atom is 0.294 e. The maximum absolute atomic E-state index is 14.1. The third kappa shape index (κ3) is 4.23. The summed E-state index contributed by atoms with van der Waals surface area (Å²) < 4.78 is 30.5. The van der Waals surface area contributed by atoms with Crippen LogP contribution < -0.4 is 24.4 Å². The van der Waals surface area contributed by atoms with Gasteiger partial charge in [0.1, 0.15) is 12.4 Å². The Kier molecular flexibility index (Phi) is 5.40. The summed E-state index contributed by atoms with van der Waals surface area (Å²) in [5.41, 5.74) is 1.51. The lowest BCUT2D eigenvalue weighted by molar-refractivity contribution is -0.123. The number of carbonyl (C=O) groups excluding carboxylic acids is 2. The smallest absolute Gasteiger partial charge is 0.294 e. The molecule has 166 valence electrons. The number of rotatable bonds is 5. The van der Waals surface area contributed by atoms with Crippen molar-refractivity contribution in [1.82, 2.24) is 5.32 Å². The summed E-state index contributed by atoms with van der Waals surface area (Å²) in [5.74, 6) is 0.258. The number of anilines is 1. The third-order valence-corrected chi connectivity index (χ3v) is 5.25. The average molecular weight is 446 g/mol. The lowest BCUT2D eigenvalue weighted by atomic mass is 10.1. The highest BCUT2D eigenvalue weighted by atomic mass is 19.1. The SMILES string of the molecule is O=C(CN1C(=O)/C(=C/c2ccccc2F)Oc2ccccc21)NCc1ccc2c(c1)OCO2. The number of benzene rings is 3. The second-order valence-corrected chi connectivity index (χ2v) is 7.46. The first-order chi connectivity index (χ1) is 16.1. The van der Waals surface area contributed by atoms with Crippen LogP contribution in [0.25, 0.3) is 6.08 Å². The summed E-state index contributed by atoms with van der Waals surface area (Å²) in [6.45, 7) is 0.207. The normalized spacial score (nSPS) is 15.2. The molecule has 7 nitrogen and oxygen atoms in total. The molecule has 0 atom stereocenters. The second-order valence-electron chi connectivity index (χ2n) is 7.46. The van der Waals surface area contributed by atoms with E-state index >= 15 is 0 Å². The fourth-order valence-corrected chi connectivity index (χ4v) is 3.60. The van der Waals surface area contributed by atoms with Gasteiger partial charge in [0, 0.05) is 12.1 Å². The average Bonchev–Trinajstić information content (AvgIpc) is 3.30. The van der Waals surface area contributed by atoms with Crippen molar-refractivity contribution in [2.75, 3.05) is 18.2 Å². The first-order valence-electron chi connectivity index (χ1n) is 10.3. The molecular weight excluding hydrogens is 427 g/mol. The number of hydrogen-bond acceptors (Lipinski definition) is 5. The maximum atomic E-state index is 14.1. The zero-order chi connectivity index (χ0) is 22.8. The molecule has 0 unspecified atom stereocenters. The van der Waals surface area contributed by atoms with Crippen LogP contribution in [-0.2, 0) is 16.1 Å². The van der Waals surface area contributed by atoms with E-state index in [1.165, 1.54) is 17.0 Å². The van der Waals surface area contributed by atoms with E-state index < -0.39 is 11.7 Å². The molecule has 0 aromatic heterocycles. The molecule has 0 saturated heterocycles. The van der Waals surface area contributed by atoms with Crippen LogP contribution in [-0.4, -0.2) is 25.2 Å². The van der Waals surface area contributed by atoms with E-state index in [1.807, 2.05) is 6.07 Å². The van der Waals surface area contributed by atoms with Gasteiger partial charge in [0.15, 0.2) is 23.0 Å². The van der Waals surface area contributed by atoms with E-state index in [9.17, 15) is 14.0 Å².